The van der Waals surface area contributed by atoms with E-state index in [1.54, 1.807) is 0 Å². The lowest BCUT2D eigenvalue weighted by Gasteiger charge is -2.46. The Kier molecular flexibility index (Phi) is 17.0. The summed E-state index contributed by atoms with van der Waals surface area (Å²) in [6.07, 6.45) is -16.8. The topological polar surface area (TPSA) is 272 Å². The van der Waals surface area contributed by atoms with E-state index in [9.17, 15) is 48.5 Å². The van der Waals surface area contributed by atoms with Gasteiger partial charge in [0.2, 0.25) is 12.6 Å². The molecule has 9 atom stereocenters. The van der Waals surface area contributed by atoms with Gasteiger partial charge in [0.15, 0.2) is 36.8 Å². The van der Waals surface area contributed by atoms with Crippen molar-refractivity contribution in [3.05, 3.63) is 10.1 Å². The maximum atomic E-state index is 12.3. The summed E-state index contributed by atoms with van der Waals surface area (Å²) >= 11 is 0. The van der Waals surface area contributed by atoms with Crippen molar-refractivity contribution >= 4 is 47.8 Å². The first kappa shape index (κ1) is 42.1. The molecule has 0 aromatic rings. The third kappa shape index (κ3) is 15.2. The van der Waals surface area contributed by atoms with E-state index in [4.69, 9.17) is 47.4 Å². The molecule has 1 saturated heterocycles. The van der Waals surface area contributed by atoms with Crippen molar-refractivity contribution in [1.29, 1.82) is 0 Å². The molecule has 1 heterocycles. The molecule has 0 spiro atoms. The van der Waals surface area contributed by atoms with Gasteiger partial charge in [0, 0.05) is 60.3 Å². The summed E-state index contributed by atoms with van der Waals surface area (Å²) in [5.74, 6) is -7.94. The smallest absolute Gasteiger partial charge is 0.303 e. The number of ether oxygens (including phenoxy) is 10. The Morgan fingerprint density at radius 2 is 1.06 bits per heavy atom. The number of carbonyl (C=O) groups is 8. The highest BCUT2D eigenvalue weighted by atomic mass is 16.8. The Bertz CT molecular complexity index is 1230. The summed E-state index contributed by atoms with van der Waals surface area (Å²) in [4.78, 5) is 107. The Labute approximate surface area is 279 Å². The van der Waals surface area contributed by atoms with Crippen LogP contribution in [0.3, 0.4) is 0 Å². The van der Waals surface area contributed by atoms with E-state index in [1.807, 2.05) is 0 Å². The number of hydrogen-bond acceptors (Lipinski definition) is 20. The second-order valence-electron chi connectivity index (χ2n) is 10.4. The molecule has 0 saturated carbocycles. The molecule has 49 heavy (non-hydrogen) atoms. The van der Waals surface area contributed by atoms with Crippen molar-refractivity contribution < 1.29 is 90.6 Å². The first-order valence-corrected chi connectivity index (χ1v) is 14.4. The molecule has 1 aliphatic heterocycles. The predicted octanol–water partition coefficient (Wildman–Crippen LogP) is -0.910. The molecule has 21 nitrogen and oxygen atoms in total. The van der Waals surface area contributed by atoms with Gasteiger partial charge in [-0.25, -0.2) is 0 Å². The molecule has 1 rings (SSSR count). The molecular formula is C28H39NO20. The average molecular weight is 710 g/mol. The van der Waals surface area contributed by atoms with E-state index in [-0.39, 0.29) is 0 Å². The quantitative estimate of drug-likeness (QED) is 0.0765. The van der Waals surface area contributed by atoms with Crippen LogP contribution < -0.4 is 0 Å². The minimum Gasteiger partial charge on any atom is -0.463 e. The van der Waals surface area contributed by atoms with Gasteiger partial charge in [0.25, 0.3) is 0 Å². The fraction of sp³-hybridized carbons (Fsp3) is 0.714. The summed E-state index contributed by atoms with van der Waals surface area (Å²) in [7, 11) is 0. The summed E-state index contributed by atoms with van der Waals surface area (Å²) < 4.78 is 53.7. The van der Waals surface area contributed by atoms with E-state index in [0.717, 1.165) is 55.4 Å². The molecule has 0 aliphatic carbocycles. The van der Waals surface area contributed by atoms with Crippen LogP contribution in [-0.4, -0.2) is 128 Å². The number of hydrogen-bond donors (Lipinski definition) is 0. The van der Waals surface area contributed by atoms with E-state index < -0.39 is 128 Å². The maximum Gasteiger partial charge on any atom is 0.303 e. The molecule has 0 bridgehead atoms. The highest BCUT2D eigenvalue weighted by molar-refractivity contribution is 5.69. The van der Waals surface area contributed by atoms with Gasteiger partial charge in [-0.1, -0.05) is 0 Å². The number of nitro groups is 1. The number of esters is 8. The number of carbonyl (C=O) groups excluding carboxylic acids is 8. The van der Waals surface area contributed by atoms with Crippen LogP contribution in [0.2, 0.25) is 0 Å². The van der Waals surface area contributed by atoms with Crippen molar-refractivity contribution in [3.63, 3.8) is 0 Å². The van der Waals surface area contributed by atoms with E-state index in [0.29, 0.717) is 0 Å². The third-order valence-corrected chi connectivity index (χ3v) is 6.01. The van der Waals surface area contributed by atoms with Crippen molar-refractivity contribution in [3.8, 4) is 0 Å². The lowest BCUT2D eigenvalue weighted by molar-refractivity contribution is -0.493. The maximum absolute atomic E-state index is 12.3. The summed E-state index contributed by atoms with van der Waals surface area (Å²) in [5.41, 5.74) is 0. The van der Waals surface area contributed by atoms with Gasteiger partial charge in [-0.3, -0.25) is 48.5 Å². The molecule has 1 unspecified atom stereocenters. The number of rotatable bonds is 17. The van der Waals surface area contributed by atoms with Crippen molar-refractivity contribution in [2.24, 2.45) is 0 Å². The Balaban J connectivity index is 4.07. The van der Waals surface area contributed by atoms with Gasteiger partial charge >= 0.3 is 47.8 Å². The molecule has 0 N–H and O–H groups in total. The van der Waals surface area contributed by atoms with E-state index >= 15 is 0 Å². The Morgan fingerprint density at radius 1 is 0.592 bits per heavy atom. The number of nitrogens with zero attached hydrogens (tertiary/aromatic N) is 1. The Hall–Kier alpha value is -4.92. The van der Waals surface area contributed by atoms with Crippen LogP contribution in [0.25, 0.3) is 0 Å². The van der Waals surface area contributed by atoms with Crippen LogP contribution >= 0.6 is 0 Å². The second-order valence-corrected chi connectivity index (χ2v) is 10.4. The molecule has 0 aromatic carbocycles. The van der Waals surface area contributed by atoms with Crippen molar-refractivity contribution in [2.45, 2.75) is 111 Å². The lowest BCUT2D eigenvalue weighted by atomic mass is 9.97. The van der Waals surface area contributed by atoms with Gasteiger partial charge in [-0.15, -0.1) is 0 Å². The van der Waals surface area contributed by atoms with E-state index in [1.165, 1.54) is 0 Å². The molecular weight excluding hydrogens is 670 g/mol. The highest BCUT2D eigenvalue weighted by Gasteiger charge is 2.55. The first-order valence-electron chi connectivity index (χ1n) is 14.4. The monoisotopic (exact) mass is 709 g/mol. The van der Waals surface area contributed by atoms with Crippen LogP contribution in [-0.2, 0) is 85.7 Å². The van der Waals surface area contributed by atoms with Gasteiger partial charge in [-0.05, 0) is 0 Å². The summed E-state index contributed by atoms with van der Waals surface area (Å²) in [6.45, 7) is 4.83. The van der Waals surface area contributed by atoms with Crippen LogP contribution in [0.4, 0.5) is 0 Å². The molecule has 1 aliphatic rings. The summed E-state index contributed by atoms with van der Waals surface area (Å²) in [5, 5.41) is 11.6. The molecule has 0 radical (unpaired) electrons. The molecule has 21 heteroatoms. The molecule has 1 fully saturated rings. The van der Waals surface area contributed by atoms with Gasteiger partial charge in [0.1, 0.15) is 25.4 Å². The zero-order valence-corrected chi connectivity index (χ0v) is 27.9. The minimum absolute atomic E-state index is 0.687. The lowest BCUT2D eigenvalue weighted by Crippen LogP contribution is -2.65. The SMILES string of the molecule is CC(=O)OC[C@H]1O[C@@H](O[C@@H]([C@H](OC(C)=O)C(C[N+](=O)[O-])OC(C)=O)[C@@H](COC(C)=O)OC(C)=O)[C@H](OC(C)=O)[C@@H](OC(C)=O)[C@H]1OC(C)=O. The van der Waals surface area contributed by atoms with E-state index in [2.05, 4.69) is 0 Å². The van der Waals surface area contributed by atoms with Crippen LogP contribution in [0, 0.1) is 10.1 Å². The van der Waals surface area contributed by atoms with Gasteiger partial charge in [-0.2, -0.15) is 0 Å². The van der Waals surface area contributed by atoms with Gasteiger partial charge < -0.3 is 47.4 Å². The second kappa shape index (κ2) is 19.8. The highest BCUT2D eigenvalue weighted by Crippen LogP contribution is 2.33. The fourth-order valence-electron chi connectivity index (χ4n) is 4.55. The minimum atomic E-state index is -2.06. The Morgan fingerprint density at radius 3 is 1.51 bits per heavy atom. The standard InChI is InChI=1S/C28H39NO20/c1-12(30)40-10-21(43-15(4)33)24(23(44-16(5)34)20(9-29(38)39)42-14(3)32)49-28-27(47-19(8)37)26(46-18(7)36)25(45-17(6)35)22(48-28)11-41-13(2)31/h20-28H,9-11H2,1-8H3/t20?,21-,22-,23-,24-,25+,26+,27-,28+/m1/s1. The largest absolute Gasteiger partial charge is 0.463 e. The van der Waals surface area contributed by atoms with Crippen molar-refractivity contribution in [2.75, 3.05) is 19.8 Å². The molecule has 276 valence electrons. The molecule has 0 aromatic heterocycles. The van der Waals surface area contributed by atoms with Crippen LogP contribution in [0.1, 0.15) is 55.4 Å². The predicted molar refractivity (Wildman–Crippen MR) is 152 cm³/mol. The first-order chi connectivity index (χ1) is 22.7. The zero-order chi connectivity index (χ0) is 37.6. The zero-order valence-electron chi connectivity index (χ0n) is 27.9. The van der Waals surface area contributed by atoms with Gasteiger partial charge in [0.05, 0.1) is 0 Å². The van der Waals surface area contributed by atoms with Crippen LogP contribution in [0.15, 0.2) is 0 Å². The normalized spacial score (nSPS) is 22.4. The average Bonchev–Trinajstić information content (AvgIpc) is 2.92. The molecule has 0 amide bonds. The van der Waals surface area contributed by atoms with Crippen molar-refractivity contribution in [1.82, 2.24) is 0 Å². The summed E-state index contributed by atoms with van der Waals surface area (Å²) in [6, 6.07) is 0. The van der Waals surface area contributed by atoms with Crippen LogP contribution in [0.5, 0.6) is 0 Å². The fourth-order valence-corrected chi connectivity index (χ4v) is 4.55. The third-order valence-electron chi connectivity index (χ3n) is 6.01.